The van der Waals surface area contributed by atoms with E-state index in [0.29, 0.717) is 30.8 Å². The lowest BCUT2D eigenvalue weighted by atomic mass is 9.90. The summed E-state index contributed by atoms with van der Waals surface area (Å²) in [6, 6.07) is 35.3. The van der Waals surface area contributed by atoms with Crippen LogP contribution in [0.25, 0.3) is 11.0 Å². The predicted molar refractivity (Wildman–Crippen MR) is 147 cm³/mol. The molecule has 0 amide bonds. The van der Waals surface area contributed by atoms with E-state index in [1.165, 1.54) is 11.1 Å². The third-order valence-electron chi connectivity index (χ3n) is 7.37. The Hall–Kier alpha value is -4.15. The molecule has 4 aromatic carbocycles. The van der Waals surface area contributed by atoms with Gasteiger partial charge in [0.15, 0.2) is 0 Å². The molecule has 4 nitrogen and oxygen atoms in total. The van der Waals surface area contributed by atoms with Crippen molar-refractivity contribution in [3.05, 3.63) is 147 Å². The number of ether oxygens (including phenoxy) is 1. The summed E-state index contributed by atoms with van der Waals surface area (Å²) in [5.41, 5.74) is 6.62. The number of fused-ring (bicyclic) bond motifs is 3. The molecule has 0 fully saturated rings. The van der Waals surface area contributed by atoms with E-state index >= 15 is 0 Å². The van der Waals surface area contributed by atoms with Crippen LogP contribution >= 0.6 is 0 Å². The fraction of sp³-hybridized carbons (Fsp3) is 0.182. The highest BCUT2D eigenvalue weighted by molar-refractivity contribution is 5.86. The first-order valence-electron chi connectivity index (χ1n) is 12.7. The molecule has 1 aliphatic heterocycles. The highest BCUT2D eigenvalue weighted by Crippen LogP contribution is 2.35. The van der Waals surface area contributed by atoms with Gasteiger partial charge in [-0.1, -0.05) is 91.0 Å². The molecule has 184 valence electrons. The number of hydrogen-bond donors (Lipinski definition) is 0. The minimum absolute atomic E-state index is 0.203. The zero-order chi connectivity index (χ0) is 25.2. The van der Waals surface area contributed by atoms with Crippen LogP contribution in [0.15, 0.2) is 112 Å². The zero-order valence-corrected chi connectivity index (χ0v) is 20.9. The van der Waals surface area contributed by atoms with E-state index in [0.717, 1.165) is 34.4 Å². The molecule has 0 N–H and O–H groups in total. The number of hydrogen-bond acceptors (Lipinski definition) is 4. The molecule has 6 rings (SSSR count). The van der Waals surface area contributed by atoms with E-state index < -0.39 is 0 Å². The lowest BCUT2D eigenvalue weighted by molar-refractivity contribution is 0.0925. The van der Waals surface area contributed by atoms with Crippen molar-refractivity contribution in [2.24, 2.45) is 0 Å². The molecule has 0 radical (unpaired) electrons. The minimum atomic E-state index is -0.272. The SMILES string of the molecule is Cc1c(Cc2ccccc2)c(=O)oc2c3c(ccc12)OCN(CC(c1ccccc1)c1ccccc1)C3. The highest BCUT2D eigenvalue weighted by atomic mass is 16.5. The smallest absolute Gasteiger partial charge is 0.340 e. The van der Waals surface area contributed by atoms with Crippen LogP contribution in [-0.2, 0) is 13.0 Å². The van der Waals surface area contributed by atoms with E-state index in [2.05, 4.69) is 53.4 Å². The maximum absolute atomic E-state index is 13.2. The molecule has 0 aliphatic carbocycles. The molecule has 0 saturated heterocycles. The summed E-state index contributed by atoms with van der Waals surface area (Å²) >= 11 is 0. The van der Waals surface area contributed by atoms with Gasteiger partial charge in [-0.15, -0.1) is 0 Å². The van der Waals surface area contributed by atoms with E-state index in [1.54, 1.807) is 0 Å². The molecule has 1 aliphatic rings. The van der Waals surface area contributed by atoms with Gasteiger partial charge < -0.3 is 9.15 Å². The Kier molecular flexibility index (Phi) is 6.33. The Morgan fingerprint density at radius 2 is 1.43 bits per heavy atom. The van der Waals surface area contributed by atoms with Crippen molar-refractivity contribution in [2.45, 2.75) is 25.8 Å². The van der Waals surface area contributed by atoms with Gasteiger partial charge in [-0.25, -0.2) is 4.79 Å². The molecule has 37 heavy (non-hydrogen) atoms. The minimum Gasteiger partial charge on any atom is -0.478 e. The lowest BCUT2D eigenvalue weighted by Crippen LogP contribution is -2.35. The number of rotatable bonds is 6. The second-order valence-electron chi connectivity index (χ2n) is 9.73. The van der Waals surface area contributed by atoms with Gasteiger partial charge in [0.1, 0.15) is 18.1 Å². The van der Waals surface area contributed by atoms with Gasteiger partial charge in [-0.05, 0) is 41.3 Å². The van der Waals surface area contributed by atoms with Crippen molar-refractivity contribution in [2.75, 3.05) is 13.3 Å². The first-order valence-corrected chi connectivity index (χ1v) is 12.7. The maximum atomic E-state index is 13.2. The second-order valence-corrected chi connectivity index (χ2v) is 9.73. The van der Waals surface area contributed by atoms with Crippen LogP contribution in [0.2, 0.25) is 0 Å². The van der Waals surface area contributed by atoms with Crippen molar-refractivity contribution in [1.29, 1.82) is 0 Å². The molecule has 0 atom stereocenters. The summed E-state index contributed by atoms with van der Waals surface area (Å²) in [5, 5.41) is 0.970. The fourth-order valence-corrected chi connectivity index (χ4v) is 5.36. The summed E-state index contributed by atoms with van der Waals surface area (Å²) in [7, 11) is 0. The summed E-state index contributed by atoms with van der Waals surface area (Å²) in [6.45, 7) is 3.96. The molecule has 0 unspecified atom stereocenters. The normalized spacial score (nSPS) is 13.5. The number of benzene rings is 4. The van der Waals surface area contributed by atoms with E-state index in [1.807, 2.05) is 61.5 Å². The highest BCUT2D eigenvalue weighted by Gasteiger charge is 2.26. The quantitative estimate of drug-likeness (QED) is 0.251. The first kappa shape index (κ1) is 23.3. The van der Waals surface area contributed by atoms with E-state index in [4.69, 9.17) is 9.15 Å². The van der Waals surface area contributed by atoms with Crippen molar-refractivity contribution >= 4 is 11.0 Å². The summed E-state index contributed by atoms with van der Waals surface area (Å²) in [4.78, 5) is 15.4. The third-order valence-corrected chi connectivity index (χ3v) is 7.37. The molecular weight excluding hydrogens is 458 g/mol. The molecule has 4 heteroatoms. The predicted octanol–water partition coefficient (Wildman–Crippen LogP) is 6.68. The Morgan fingerprint density at radius 1 is 0.811 bits per heavy atom. The van der Waals surface area contributed by atoms with Crippen molar-refractivity contribution in [1.82, 2.24) is 4.90 Å². The average molecular weight is 488 g/mol. The van der Waals surface area contributed by atoms with Crippen LogP contribution < -0.4 is 10.4 Å². The molecule has 5 aromatic rings. The van der Waals surface area contributed by atoms with Gasteiger partial charge in [0.2, 0.25) is 0 Å². The van der Waals surface area contributed by atoms with Gasteiger partial charge in [-0.2, -0.15) is 0 Å². The third kappa shape index (κ3) is 4.68. The summed E-state index contributed by atoms with van der Waals surface area (Å²) in [5.74, 6) is 0.992. The number of aryl methyl sites for hydroxylation is 1. The van der Waals surface area contributed by atoms with Crippen LogP contribution in [0.3, 0.4) is 0 Å². The molecule has 0 bridgehead atoms. The molecule has 0 saturated carbocycles. The monoisotopic (exact) mass is 487 g/mol. The van der Waals surface area contributed by atoms with Gasteiger partial charge in [0.05, 0.1) is 5.56 Å². The van der Waals surface area contributed by atoms with Crippen molar-refractivity contribution in [3.63, 3.8) is 0 Å². The lowest BCUT2D eigenvalue weighted by Gasteiger charge is -2.32. The van der Waals surface area contributed by atoms with Gasteiger partial charge in [0.25, 0.3) is 0 Å². The van der Waals surface area contributed by atoms with Gasteiger partial charge in [0, 0.05) is 36.4 Å². The fourth-order valence-electron chi connectivity index (χ4n) is 5.36. The molecule has 2 heterocycles. The van der Waals surface area contributed by atoms with Gasteiger partial charge in [-0.3, -0.25) is 4.90 Å². The summed E-state index contributed by atoms with van der Waals surface area (Å²) in [6.07, 6.45) is 0.556. The summed E-state index contributed by atoms with van der Waals surface area (Å²) < 4.78 is 12.2. The largest absolute Gasteiger partial charge is 0.478 e. The maximum Gasteiger partial charge on any atom is 0.340 e. The molecular formula is C33H29NO3. The molecule has 0 spiro atoms. The van der Waals surface area contributed by atoms with Crippen LogP contribution in [0.1, 0.15) is 39.3 Å². The van der Waals surface area contributed by atoms with Crippen LogP contribution in [0.5, 0.6) is 5.75 Å². The Morgan fingerprint density at radius 3 is 2.08 bits per heavy atom. The Balaban J connectivity index is 1.34. The van der Waals surface area contributed by atoms with Gasteiger partial charge >= 0.3 is 5.63 Å². The molecule has 1 aromatic heterocycles. The average Bonchev–Trinajstić information content (AvgIpc) is 2.95. The zero-order valence-electron chi connectivity index (χ0n) is 20.9. The van der Waals surface area contributed by atoms with Crippen molar-refractivity contribution in [3.8, 4) is 5.75 Å². The Labute approximate surface area is 216 Å². The Bertz CT molecular complexity index is 1540. The topological polar surface area (TPSA) is 42.7 Å². The first-order chi connectivity index (χ1) is 18.2. The van der Waals surface area contributed by atoms with Crippen LogP contribution in [-0.4, -0.2) is 18.2 Å². The van der Waals surface area contributed by atoms with Crippen LogP contribution in [0, 0.1) is 6.92 Å². The van der Waals surface area contributed by atoms with E-state index in [-0.39, 0.29) is 11.5 Å². The number of nitrogens with zero attached hydrogens (tertiary/aromatic N) is 1. The van der Waals surface area contributed by atoms with E-state index in [9.17, 15) is 4.79 Å². The van der Waals surface area contributed by atoms with Crippen LogP contribution in [0.4, 0.5) is 0 Å². The van der Waals surface area contributed by atoms with Crippen molar-refractivity contribution < 1.29 is 9.15 Å². The standard InChI is InChI=1S/C33H29NO3/c1-23-27-17-18-31-30(32(27)37-33(35)28(23)19-24-11-5-2-6-12-24)21-34(22-36-31)20-29(25-13-7-3-8-14-25)26-15-9-4-10-16-26/h2-18,29H,19-22H2,1H3. The second kappa shape index (κ2) is 10.1.